The summed E-state index contributed by atoms with van der Waals surface area (Å²) in [4.78, 5) is 25.4. The second-order valence-electron chi connectivity index (χ2n) is 20.3. The number of unbranched alkanes of at least 4 members (excludes halogenated alkanes) is 34. The van der Waals surface area contributed by atoms with Crippen LogP contribution in [0, 0.1) is 0 Å². The van der Waals surface area contributed by atoms with E-state index in [9.17, 15) is 19.4 Å². The van der Waals surface area contributed by atoms with Crippen LogP contribution >= 0.6 is 7.82 Å². The maximum absolute atomic E-state index is 12.9. The number of phosphoric acid groups is 1. The molecular weight excluding hydrogens is 828 g/mol. The number of carbonyl (C=O) groups is 1. The summed E-state index contributed by atoms with van der Waals surface area (Å²) in [6, 6.07) is -0.907. The van der Waals surface area contributed by atoms with Crippen molar-refractivity contribution in [2.75, 3.05) is 40.9 Å². The summed E-state index contributed by atoms with van der Waals surface area (Å²) in [5.41, 5.74) is 0. The smallest absolute Gasteiger partial charge is 0.268 e. The standard InChI is InChI=1S/C56H109N2O6P/c1-6-8-10-12-14-16-18-20-22-23-24-25-26-27-28-29-30-31-32-33-34-36-38-40-42-44-46-48-50-56(60)57-54(53-64-65(61,62)63-52-51-58(3,4)5)55(59)49-47-45-43-41-39-37-35-21-19-17-15-13-11-9-7-2/h19,21,39,41,47,49,54-55,59H,6-18,20,22-38,40,42-46,48,50-53H2,1-5H3,(H-,57,60,61,62)/b21-19+,41-39+,49-47+. The highest BCUT2D eigenvalue weighted by Crippen LogP contribution is 2.38. The van der Waals surface area contributed by atoms with Gasteiger partial charge in [0.1, 0.15) is 13.2 Å². The third kappa shape index (κ3) is 50.4. The van der Waals surface area contributed by atoms with Gasteiger partial charge in [-0.2, -0.15) is 0 Å². The van der Waals surface area contributed by atoms with E-state index in [4.69, 9.17) is 9.05 Å². The lowest BCUT2D eigenvalue weighted by molar-refractivity contribution is -0.870. The highest BCUT2D eigenvalue weighted by atomic mass is 31.2. The number of carbonyl (C=O) groups excluding carboxylic acids is 1. The third-order valence-corrected chi connectivity index (χ3v) is 13.5. The molecule has 0 aliphatic carbocycles. The molecule has 0 aromatic carbocycles. The fraction of sp³-hybridized carbons (Fsp3) is 0.875. The predicted molar refractivity (Wildman–Crippen MR) is 279 cm³/mol. The van der Waals surface area contributed by atoms with Crippen molar-refractivity contribution in [1.82, 2.24) is 5.32 Å². The van der Waals surface area contributed by atoms with E-state index in [0.29, 0.717) is 17.4 Å². The quantitative estimate of drug-likeness (QED) is 0.0272. The lowest BCUT2D eigenvalue weighted by atomic mass is 10.0. The monoisotopic (exact) mass is 937 g/mol. The van der Waals surface area contributed by atoms with Gasteiger partial charge in [0, 0.05) is 6.42 Å². The van der Waals surface area contributed by atoms with Crippen molar-refractivity contribution in [3.63, 3.8) is 0 Å². The Morgan fingerprint density at radius 1 is 0.523 bits per heavy atom. The van der Waals surface area contributed by atoms with Gasteiger partial charge >= 0.3 is 0 Å². The first-order valence-electron chi connectivity index (χ1n) is 27.9. The van der Waals surface area contributed by atoms with Crippen LogP contribution in [-0.2, 0) is 18.4 Å². The first kappa shape index (κ1) is 63.7. The Labute approximate surface area is 404 Å². The van der Waals surface area contributed by atoms with E-state index >= 15 is 0 Å². The Morgan fingerprint density at radius 2 is 0.862 bits per heavy atom. The van der Waals surface area contributed by atoms with Gasteiger partial charge in [0.05, 0.1) is 39.9 Å². The first-order chi connectivity index (χ1) is 31.5. The lowest BCUT2D eigenvalue weighted by Gasteiger charge is -2.29. The molecule has 0 radical (unpaired) electrons. The number of quaternary nitrogens is 1. The van der Waals surface area contributed by atoms with Crippen molar-refractivity contribution in [3.05, 3.63) is 36.5 Å². The van der Waals surface area contributed by atoms with Gasteiger partial charge in [-0.15, -0.1) is 0 Å². The normalized spacial score (nSPS) is 14.3. The summed E-state index contributed by atoms with van der Waals surface area (Å²) < 4.78 is 23.3. The lowest BCUT2D eigenvalue weighted by Crippen LogP contribution is -2.45. The Bertz CT molecular complexity index is 1150. The SMILES string of the molecule is CCCCCCC/C=C/CC/C=C/CC/C=C/C(O)C(COP(=O)([O-])OCC[N+](C)(C)C)NC(=O)CCCCCCCCCCCCCCCCCCCCCCCCCCCCCC. The van der Waals surface area contributed by atoms with Crippen LogP contribution in [-0.4, -0.2) is 68.5 Å². The molecule has 0 bridgehead atoms. The van der Waals surface area contributed by atoms with Gasteiger partial charge in [-0.1, -0.05) is 249 Å². The van der Waals surface area contributed by atoms with Crippen molar-refractivity contribution in [3.8, 4) is 0 Å². The average molecular weight is 937 g/mol. The zero-order valence-electron chi connectivity index (χ0n) is 43.7. The number of allylic oxidation sites excluding steroid dienone is 5. The van der Waals surface area contributed by atoms with Gasteiger partial charge < -0.3 is 28.8 Å². The highest BCUT2D eigenvalue weighted by molar-refractivity contribution is 7.45. The van der Waals surface area contributed by atoms with Crippen molar-refractivity contribution >= 4 is 13.7 Å². The van der Waals surface area contributed by atoms with Gasteiger partial charge in [-0.05, 0) is 44.9 Å². The molecule has 65 heavy (non-hydrogen) atoms. The molecule has 3 unspecified atom stereocenters. The number of amides is 1. The summed E-state index contributed by atoms with van der Waals surface area (Å²) >= 11 is 0. The van der Waals surface area contributed by atoms with Gasteiger partial charge in [-0.3, -0.25) is 9.36 Å². The molecule has 0 aromatic heterocycles. The second kappa shape index (κ2) is 47.8. The Morgan fingerprint density at radius 3 is 1.25 bits per heavy atom. The van der Waals surface area contributed by atoms with Gasteiger partial charge in [0.25, 0.3) is 7.82 Å². The van der Waals surface area contributed by atoms with Crippen molar-refractivity contribution < 1.29 is 32.9 Å². The maximum atomic E-state index is 12.9. The summed E-state index contributed by atoms with van der Waals surface area (Å²) in [7, 11) is 1.24. The molecule has 384 valence electrons. The predicted octanol–water partition coefficient (Wildman–Crippen LogP) is 16.0. The Hall–Kier alpha value is -1.28. The van der Waals surface area contributed by atoms with E-state index in [0.717, 1.165) is 44.9 Å². The first-order valence-corrected chi connectivity index (χ1v) is 29.3. The van der Waals surface area contributed by atoms with Crippen LogP contribution in [0.4, 0.5) is 0 Å². The number of nitrogens with zero attached hydrogens (tertiary/aromatic N) is 1. The minimum Gasteiger partial charge on any atom is -0.756 e. The van der Waals surface area contributed by atoms with Crippen molar-refractivity contribution in [2.45, 2.75) is 276 Å². The molecule has 3 atom stereocenters. The van der Waals surface area contributed by atoms with E-state index in [1.165, 1.54) is 199 Å². The van der Waals surface area contributed by atoms with E-state index in [-0.39, 0.29) is 12.5 Å². The number of likely N-dealkylation sites (N-methyl/N-ethyl adjacent to an activating group) is 1. The number of aliphatic hydroxyl groups is 1. The molecule has 0 spiro atoms. The van der Waals surface area contributed by atoms with E-state index in [1.807, 2.05) is 27.2 Å². The number of phosphoric ester groups is 1. The molecule has 0 aliphatic heterocycles. The molecule has 1 amide bonds. The molecule has 0 aromatic rings. The largest absolute Gasteiger partial charge is 0.756 e. The maximum Gasteiger partial charge on any atom is 0.268 e. The number of rotatable bonds is 51. The van der Waals surface area contributed by atoms with Crippen molar-refractivity contribution in [1.29, 1.82) is 0 Å². The van der Waals surface area contributed by atoms with Crippen LogP contribution in [0.5, 0.6) is 0 Å². The van der Waals surface area contributed by atoms with E-state index in [1.54, 1.807) is 6.08 Å². The second-order valence-corrected chi connectivity index (χ2v) is 21.7. The fourth-order valence-electron chi connectivity index (χ4n) is 8.19. The van der Waals surface area contributed by atoms with E-state index in [2.05, 4.69) is 43.5 Å². The van der Waals surface area contributed by atoms with Gasteiger partial charge in [0.15, 0.2) is 0 Å². The van der Waals surface area contributed by atoms with E-state index < -0.39 is 26.6 Å². The summed E-state index contributed by atoms with van der Waals surface area (Å²) in [6.45, 7) is 4.63. The minimum atomic E-state index is -4.60. The topological polar surface area (TPSA) is 108 Å². The van der Waals surface area contributed by atoms with Crippen LogP contribution in [0.25, 0.3) is 0 Å². The Balaban J connectivity index is 4.14. The summed E-state index contributed by atoms with van der Waals surface area (Å²) in [6.07, 6.45) is 60.9. The summed E-state index contributed by atoms with van der Waals surface area (Å²) in [5, 5.41) is 13.8. The highest BCUT2D eigenvalue weighted by Gasteiger charge is 2.23. The van der Waals surface area contributed by atoms with Crippen LogP contribution in [0.3, 0.4) is 0 Å². The number of hydrogen-bond acceptors (Lipinski definition) is 6. The number of aliphatic hydroxyl groups excluding tert-OH is 1. The van der Waals surface area contributed by atoms with Crippen molar-refractivity contribution in [2.24, 2.45) is 0 Å². The average Bonchev–Trinajstić information content (AvgIpc) is 3.26. The molecule has 0 fully saturated rings. The van der Waals surface area contributed by atoms with Crippen LogP contribution < -0.4 is 10.2 Å². The van der Waals surface area contributed by atoms with Crippen LogP contribution in [0.1, 0.15) is 264 Å². The fourth-order valence-corrected chi connectivity index (χ4v) is 8.91. The Kier molecular flexibility index (Phi) is 46.8. The van der Waals surface area contributed by atoms with Gasteiger partial charge in [-0.25, -0.2) is 0 Å². The molecule has 0 heterocycles. The number of nitrogens with one attached hydrogen (secondary N) is 1. The molecule has 0 aliphatic rings. The minimum absolute atomic E-state index is 0.00760. The summed E-state index contributed by atoms with van der Waals surface area (Å²) in [5.74, 6) is -0.207. The zero-order valence-corrected chi connectivity index (χ0v) is 44.6. The molecule has 0 saturated carbocycles. The van der Waals surface area contributed by atoms with Gasteiger partial charge in [0.2, 0.25) is 5.91 Å². The zero-order chi connectivity index (χ0) is 47.8. The third-order valence-electron chi connectivity index (χ3n) is 12.6. The molecule has 8 nitrogen and oxygen atoms in total. The molecule has 0 saturated heterocycles. The van der Waals surface area contributed by atoms with Crippen LogP contribution in [0.15, 0.2) is 36.5 Å². The molecular formula is C56H109N2O6P. The molecule has 2 N–H and O–H groups in total. The molecule has 0 rings (SSSR count). The van der Waals surface area contributed by atoms with Crippen LogP contribution in [0.2, 0.25) is 0 Å². The number of hydrogen-bond donors (Lipinski definition) is 2. The molecule has 9 heteroatoms.